The lowest BCUT2D eigenvalue weighted by molar-refractivity contribution is -0.116. The molecular formula is C16H21FN4O. The molecule has 0 bridgehead atoms. The van der Waals surface area contributed by atoms with Crippen LogP contribution in [0.3, 0.4) is 0 Å². The van der Waals surface area contributed by atoms with E-state index in [1.807, 2.05) is 14.1 Å². The predicted molar refractivity (Wildman–Crippen MR) is 84.1 cm³/mol. The van der Waals surface area contributed by atoms with E-state index >= 15 is 0 Å². The van der Waals surface area contributed by atoms with E-state index in [9.17, 15) is 9.18 Å². The maximum absolute atomic E-state index is 13.5. The van der Waals surface area contributed by atoms with Crippen LogP contribution in [0.1, 0.15) is 12.0 Å². The second-order valence-corrected chi connectivity index (χ2v) is 5.43. The van der Waals surface area contributed by atoms with Crippen LogP contribution >= 0.6 is 0 Å². The highest BCUT2D eigenvalue weighted by molar-refractivity contribution is 5.90. The van der Waals surface area contributed by atoms with Crippen molar-refractivity contribution in [3.8, 4) is 0 Å². The molecule has 1 N–H and O–H groups in total. The maximum atomic E-state index is 13.5. The minimum absolute atomic E-state index is 0.143. The molecule has 1 aromatic carbocycles. The van der Waals surface area contributed by atoms with Gasteiger partial charge in [0.2, 0.25) is 5.91 Å². The molecule has 2 rings (SSSR count). The van der Waals surface area contributed by atoms with Crippen LogP contribution in [0.25, 0.3) is 0 Å². The third-order valence-electron chi connectivity index (χ3n) is 3.27. The number of rotatable bonds is 7. The van der Waals surface area contributed by atoms with Crippen molar-refractivity contribution in [2.45, 2.75) is 19.4 Å². The lowest BCUT2D eigenvalue weighted by atomic mass is 10.1. The Labute approximate surface area is 129 Å². The average molecular weight is 304 g/mol. The summed E-state index contributed by atoms with van der Waals surface area (Å²) in [5.74, 6) is -0.415. The van der Waals surface area contributed by atoms with E-state index in [2.05, 4.69) is 15.3 Å². The molecule has 0 fully saturated rings. The number of nitrogens with one attached hydrogen (secondary N) is 1. The summed E-state index contributed by atoms with van der Waals surface area (Å²) in [5.41, 5.74) is 1.22. The smallest absolute Gasteiger partial charge is 0.224 e. The number of anilines is 1. The zero-order chi connectivity index (χ0) is 15.9. The second-order valence-electron chi connectivity index (χ2n) is 5.43. The fraction of sp³-hybridized carbons (Fsp3) is 0.375. The van der Waals surface area contributed by atoms with E-state index in [-0.39, 0.29) is 18.1 Å². The number of hydrogen-bond donors (Lipinski definition) is 1. The Morgan fingerprint density at radius 1 is 1.36 bits per heavy atom. The van der Waals surface area contributed by atoms with Gasteiger partial charge in [0.15, 0.2) is 0 Å². The quantitative estimate of drug-likeness (QED) is 0.853. The zero-order valence-electron chi connectivity index (χ0n) is 12.9. The molecule has 5 nitrogen and oxygen atoms in total. The molecule has 0 atom stereocenters. The van der Waals surface area contributed by atoms with E-state index in [0.717, 1.165) is 13.1 Å². The number of carbonyl (C=O) groups is 1. The van der Waals surface area contributed by atoms with Crippen molar-refractivity contribution in [1.82, 2.24) is 14.7 Å². The van der Waals surface area contributed by atoms with Gasteiger partial charge in [-0.05, 0) is 32.1 Å². The van der Waals surface area contributed by atoms with Gasteiger partial charge in [-0.2, -0.15) is 5.10 Å². The predicted octanol–water partition coefficient (Wildman–Crippen LogP) is 2.16. The molecule has 22 heavy (non-hydrogen) atoms. The molecule has 1 heterocycles. The van der Waals surface area contributed by atoms with Crippen LogP contribution in [-0.4, -0.2) is 41.2 Å². The molecule has 0 unspecified atom stereocenters. The van der Waals surface area contributed by atoms with Gasteiger partial charge in [0.25, 0.3) is 0 Å². The van der Waals surface area contributed by atoms with E-state index < -0.39 is 0 Å². The fourth-order valence-electron chi connectivity index (χ4n) is 2.03. The highest BCUT2D eigenvalue weighted by Gasteiger charge is 2.07. The van der Waals surface area contributed by atoms with Gasteiger partial charge in [-0.3, -0.25) is 9.48 Å². The van der Waals surface area contributed by atoms with Crippen LogP contribution in [0.4, 0.5) is 10.1 Å². The molecule has 0 saturated carbocycles. The molecular weight excluding hydrogens is 283 g/mol. The van der Waals surface area contributed by atoms with Crippen molar-refractivity contribution in [3.63, 3.8) is 0 Å². The minimum Gasteiger partial charge on any atom is -0.323 e. The summed E-state index contributed by atoms with van der Waals surface area (Å²) in [7, 11) is 3.99. The van der Waals surface area contributed by atoms with Crippen molar-refractivity contribution in [2.75, 3.05) is 26.0 Å². The van der Waals surface area contributed by atoms with Gasteiger partial charge in [0.1, 0.15) is 5.82 Å². The first-order chi connectivity index (χ1) is 10.5. The normalized spacial score (nSPS) is 10.9. The minimum atomic E-state index is -0.271. The highest BCUT2D eigenvalue weighted by atomic mass is 19.1. The second kappa shape index (κ2) is 7.70. The summed E-state index contributed by atoms with van der Waals surface area (Å²) in [6.45, 7) is 1.64. The van der Waals surface area contributed by atoms with Crippen molar-refractivity contribution < 1.29 is 9.18 Å². The lowest BCUT2D eigenvalue weighted by Gasteiger charge is -2.08. The van der Waals surface area contributed by atoms with E-state index in [4.69, 9.17) is 0 Å². The van der Waals surface area contributed by atoms with Gasteiger partial charge in [-0.25, -0.2) is 4.39 Å². The summed E-state index contributed by atoms with van der Waals surface area (Å²) < 4.78 is 15.3. The monoisotopic (exact) mass is 304 g/mol. The molecule has 0 spiro atoms. The average Bonchev–Trinajstić information content (AvgIpc) is 2.92. The zero-order valence-corrected chi connectivity index (χ0v) is 12.9. The number of amides is 1. The summed E-state index contributed by atoms with van der Waals surface area (Å²) in [6.07, 6.45) is 4.04. The van der Waals surface area contributed by atoms with Gasteiger partial charge in [-0.15, -0.1) is 0 Å². The van der Waals surface area contributed by atoms with E-state index in [0.29, 0.717) is 17.7 Å². The van der Waals surface area contributed by atoms with Gasteiger partial charge >= 0.3 is 0 Å². The fourth-order valence-corrected chi connectivity index (χ4v) is 2.03. The van der Waals surface area contributed by atoms with Gasteiger partial charge in [0, 0.05) is 19.2 Å². The maximum Gasteiger partial charge on any atom is 0.224 e. The molecule has 2 aromatic rings. The SMILES string of the molecule is CN(C)CCn1cc(NC(=O)CCc2ccccc2F)cn1. The standard InChI is InChI=1S/C16H21FN4O/c1-20(2)9-10-21-12-14(11-18-21)19-16(22)8-7-13-5-3-4-6-15(13)17/h3-6,11-12H,7-10H2,1-2H3,(H,19,22). The Bertz CT molecular complexity index is 624. The number of halogens is 1. The lowest BCUT2D eigenvalue weighted by Crippen LogP contribution is -2.18. The molecule has 1 amide bonds. The number of aromatic nitrogens is 2. The molecule has 0 aliphatic rings. The highest BCUT2D eigenvalue weighted by Crippen LogP contribution is 2.10. The third-order valence-corrected chi connectivity index (χ3v) is 3.27. The Morgan fingerprint density at radius 3 is 2.86 bits per heavy atom. The molecule has 0 saturated heterocycles. The number of carbonyl (C=O) groups excluding carboxylic acids is 1. The summed E-state index contributed by atoms with van der Waals surface area (Å²) in [4.78, 5) is 14.0. The molecule has 0 aliphatic heterocycles. The number of nitrogens with zero attached hydrogens (tertiary/aromatic N) is 3. The molecule has 6 heteroatoms. The Hall–Kier alpha value is -2.21. The first-order valence-electron chi connectivity index (χ1n) is 7.25. The summed E-state index contributed by atoms with van der Waals surface area (Å²) in [6, 6.07) is 6.51. The van der Waals surface area contributed by atoms with Crippen molar-refractivity contribution in [1.29, 1.82) is 0 Å². The van der Waals surface area contributed by atoms with Crippen LogP contribution in [0.2, 0.25) is 0 Å². The van der Waals surface area contributed by atoms with Crippen molar-refractivity contribution in [3.05, 3.63) is 48.0 Å². The molecule has 0 radical (unpaired) electrons. The van der Waals surface area contributed by atoms with Crippen molar-refractivity contribution >= 4 is 11.6 Å². The Morgan fingerprint density at radius 2 is 2.14 bits per heavy atom. The van der Waals surface area contributed by atoms with Crippen LogP contribution in [0.5, 0.6) is 0 Å². The molecule has 118 valence electrons. The topological polar surface area (TPSA) is 50.2 Å². The van der Waals surface area contributed by atoms with E-state index in [1.165, 1.54) is 6.07 Å². The number of likely N-dealkylation sites (N-methyl/N-ethyl adjacent to an activating group) is 1. The summed E-state index contributed by atoms with van der Waals surface area (Å²) in [5, 5.41) is 6.97. The van der Waals surface area contributed by atoms with Crippen LogP contribution in [-0.2, 0) is 17.8 Å². The van der Waals surface area contributed by atoms with Crippen LogP contribution in [0, 0.1) is 5.82 Å². The van der Waals surface area contributed by atoms with Gasteiger partial charge in [-0.1, -0.05) is 18.2 Å². The number of aryl methyl sites for hydroxylation is 1. The molecule has 1 aromatic heterocycles. The van der Waals surface area contributed by atoms with Crippen LogP contribution < -0.4 is 5.32 Å². The summed E-state index contributed by atoms with van der Waals surface area (Å²) >= 11 is 0. The van der Waals surface area contributed by atoms with Gasteiger partial charge in [0.05, 0.1) is 18.4 Å². The third kappa shape index (κ3) is 4.96. The largest absolute Gasteiger partial charge is 0.323 e. The first kappa shape index (κ1) is 16.2. The first-order valence-corrected chi connectivity index (χ1v) is 7.25. The Balaban J connectivity index is 1.81. The number of benzene rings is 1. The van der Waals surface area contributed by atoms with Crippen molar-refractivity contribution in [2.24, 2.45) is 0 Å². The number of hydrogen-bond acceptors (Lipinski definition) is 3. The Kier molecular flexibility index (Phi) is 5.66. The van der Waals surface area contributed by atoms with Gasteiger partial charge < -0.3 is 10.2 Å². The van der Waals surface area contributed by atoms with E-state index in [1.54, 1.807) is 35.3 Å². The molecule has 0 aliphatic carbocycles. The van der Waals surface area contributed by atoms with Crippen LogP contribution in [0.15, 0.2) is 36.7 Å².